The molecule has 110 valence electrons. The molecule has 0 nitrogen and oxygen atoms in total. The Bertz CT molecular complexity index is 397. The molecule has 0 radical (unpaired) electrons. The third-order valence-electron chi connectivity index (χ3n) is 3.86. The molecule has 1 aliphatic heterocycles. The Labute approximate surface area is 132 Å². The predicted molar refractivity (Wildman–Crippen MR) is 95.1 cm³/mol. The van der Waals surface area contributed by atoms with Crippen molar-refractivity contribution in [3.05, 3.63) is 46.9 Å². The molecule has 0 aromatic heterocycles. The van der Waals surface area contributed by atoms with Crippen molar-refractivity contribution in [3.8, 4) is 0 Å². The van der Waals surface area contributed by atoms with E-state index in [9.17, 15) is 0 Å². The molecule has 1 aliphatic rings. The van der Waals surface area contributed by atoms with Gasteiger partial charge < -0.3 is 0 Å². The van der Waals surface area contributed by atoms with Crippen LogP contribution in [0.3, 0.4) is 0 Å². The van der Waals surface area contributed by atoms with E-state index in [4.69, 9.17) is 0 Å². The molecule has 0 aliphatic carbocycles. The van der Waals surface area contributed by atoms with Gasteiger partial charge in [0.2, 0.25) is 0 Å². The highest BCUT2D eigenvalue weighted by Crippen LogP contribution is 2.51. The fraction of sp³-hybridized carbons (Fsp3) is 0.556. The van der Waals surface area contributed by atoms with Crippen molar-refractivity contribution in [2.24, 2.45) is 0 Å². The minimum atomic E-state index is 0.598. The molecule has 0 saturated carbocycles. The number of hydrogen-bond donors (Lipinski definition) is 0. The van der Waals surface area contributed by atoms with Crippen LogP contribution in [0.1, 0.15) is 69.1 Å². The summed E-state index contributed by atoms with van der Waals surface area (Å²) in [6, 6.07) is 11.0. The maximum Gasteiger partial charge on any atom is 0.0621 e. The van der Waals surface area contributed by atoms with Gasteiger partial charge in [0, 0.05) is 0 Å². The smallest absolute Gasteiger partial charge is 0.0621 e. The summed E-state index contributed by atoms with van der Waals surface area (Å²) in [5, 5.41) is 2.99. The van der Waals surface area contributed by atoms with E-state index in [2.05, 4.69) is 42.7 Å². The van der Waals surface area contributed by atoms with Gasteiger partial charge in [0.15, 0.2) is 0 Å². The Morgan fingerprint density at radius 2 is 1.60 bits per heavy atom. The van der Waals surface area contributed by atoms with Gasteiger partial charge in [-0.25, -0.2) is 0 Å². The molecular weight excluding hydrogens is 280 g/mol. The minimum absolute atomic E-state index is 0.598. The Balaban J connectivity index is 1.67. The van der Waals surface area contributed by atoms with Crippen molar-refractivity contribution in [2.75, 3.05) is 0 Å². The van der Waals surface area contributed by atoms with E-state index >= 15 is 0 Å². The molecule has 2 heteroatoms. The monoisotopic (exact) mass is 306 g/mol. The first-order chi connectivity index (χ1) is 9.92. The second kappa shape index (κ2) is 9.57. The number of rotatable bonds is 9. The Morgan fingerprint density at radius 1 is 0.900 bits per heavy atom. The standard InChI is InChI=1S/C18H26S2/c1-2-3-4-5-6-7-9-14-17-15-19-20-18(17)16-12-10-8-11-13-16/h8,10-13,15,18H,2-7,9,14H2,1H3. The highest BCUT2D eigenvalue weighted by Gasteiger charge is 2.21. The van der Waals surface area contributed by atoms with Crippen molar-refractivity contribution >= 4 is 21.6 Å². The topological polar surface area (TPSA) is 0 Å². The second-order valence-electron chi connectivity index (χ2n) is 5.55. The fourth-order valence-corrected chi connectivity index (χ4v) is 5.43. The van der Waals surface area contributed by atoms with Crippen LogP contribution in [0.4, 0.5) is 0 Å². The summed E-state index contributed by atoms with van der Waals surface area (Å²) < 4.78 is 0. The lowest BCUT2D eigenvalue weighted by molar-refractivity contribution is 0.587. The molecule has 1 unspecified atom stereocenters. The van der Waals surface area contributed by atoms with E-state index in [-0.39, 0.29) is 0 Å². The number of benzene rings is 1. The first kappa shape index (κ1) is 16.0. The van der Waals surface area contributed by atoms with Crippen LogP contribution < -0.4 is 0 Å². The lowest BCUT2D eigenvalue weighted by atomic mass is 9.99. The maximum absolute atomic E-state index is 2.39. The van der Waals surface area contributed by atoms with Crippen LogP contribution in [0.25, 0.3) is 0 Å². The van der Waals surface area contributed by atoms with Gasteiger partial charge in [-0.15, -0.1) is 0 Å². The van der Waals surface area contributed by atoms with Gasteiger partial charge in [-0.1, -0.05) is 97.4 Å². The zero-order valence-corrected chi connectivity index (χ0v) is 14.1. The van der Waals surface area contributed by atoms with Crippen molar-refractivity contribution in [1.82, 2.24) is 0 Å². The molecule has 1 atom stereocenters. The Kier molecular flexibility index (Phi) is 7.67. The molecule has 0 bridgehead atoms. The minimum Gasteiger partial charge on any atom is -0.0767 e. The van der Waals surface area contributed by atoms with E-state index in [0.717, 1.165) is 0 Å². The third kappa shape index (κ3) is 5.21. The van der Waals surface area contributed by atoms with Gasteiger partial charge in [-0.05, 0) is 29.4 Å². The summed E-state index contributed by atoms with van der Waals surface area (Å²) >= 11 is 0. The summed E-state index contributed by atoms with van der Waals surface area (Å²) in [6.45, 7) is 2.28. The molecule has 2 rings (SSSR count). The number of hydrogen-bond acceptors (Lipinski definition) is 2. The maximum atomic E-state index is 2.39. The lowest BCUT2D eigenvalue weighted by Crippen LogP contribution is -1.94. The summed E-state index contributed by atoms with van der Waals surface area (Å²) in [7, 11) is 3.92. The van der Waals surface area contributed by atoms with Crippen LogP contribution in [0.2, 0.25) is 0 Å². The van der Waals surface area contributed by atoms with E-state index < -0.39 is 0 Å². The van der Waals surface area contributed by atoms with Crippen LogP contribution in [-0.2, 0) is 0 Å². The normalized spacial score (nSPS) is 18.2. The molecule has 0 amide bonds. The van der Waals surface area contributed by atoms with Crippen LogP contribution in [0.15, 0.2) is 41.3 Å². The molecule has 0 spiro atoms. The first-order valence-electron chi connectivity index (χ1n) is 7.98. The van der Waals surface area contributed by atoms with Crippen molar-refractivity contribution in [2.45, 2.75) is 63.5 Å². The molecule has 20 heavy (non-hydrogen) atoms. The van der Waals surface area contributed by atoms with Gasteiger partial charge in [-0.2, -0.15) is 0 Å². The van der Waals surface area contributed by atoms with Crippen LogP contribution in [0.5, 0.6) is 0 Å². The van der Waals surface area contributed by atoms with Crippen LogP contribution >= 0.6 is 21.6 Å². The van der Waals surface area contributed by atoms with E-state index in [1.54, 1.807) is 5.57 Å². The van der Waals surface area contributed by atoms with Gasteiger partial charge in [0.05, 0.1) is 5.25 Å². The van der Waals surface area contributed by atoms with Crippen molar-refractivity contribution in [1.29, 1.82) is 0 Å². The quantitative estimate of drug-likeness (QED) is 0.351. The summed E-state index contributed by atoms with van der Waals surface area (Å²) in [6.07, 6.45) is 11.1. The average Bonchev–Trinajstić information content (AvgIpc) is 2.96. The molecular formula is C18H26S2. The van der Waals surface area contributed by atoms with Crippen molar-refractivity contribution < 1.29 is 0 Å². The molecule has 0 saturated heterocycles. The summed E-state index contributed by atoms with van der Waals surface area (Å²) in [5.74, 6) is 0. The largest absolute Gasteiger partial charge is 0.0767 e. The predicted octanol–water partition coefficient (Wildman–Crippen LogP) is 7.15. The van der Waals surface area contributed by atoms with E-state index in [1.165, 1.54) is 56.9 Å². The van der Waals surface area contributed by atoms with Crippen LogP contribution in [0, 0.1) is 0 Å². The molecule has 1 aromatic carbocycles. The molecule has 0 N–H and O–H groups in total. The lowest BCUT2D eigenvalue weighted by Gasteiger charge is -2.13. The zero-order valence-electron chi connectivity index (χ0n) is 12.5. The molecule has 1 heterocycles. The molecule has 1 aromatic rings. The molecule has 0 fully saturated rings. The van der Waals surface area contributed by atoms with Gasteiger partial charge in [0.25, 0.3) is 0 Å². The second-order valence-corrected chi connectivity index (χ2v) is 7.79. The fourth-order valence-electron chi connectivity index (χ4n) is 2.64. The highest BCUT2D eigenvalue weighted by atomic mass is 33.1. The van der Waals surface area contributed by atoms with Crippen LogP contribution in [-0.4, -0.2) is 0 Å². The highest BCUT2D eigenvalue weighted by molar-refractivity contribution is 8.78. The van der Waals surface area contributed by atoms with Gasteiger partial charge >= 0.3 is 0 Å². The first-order valence-corrected chi connectivity index (χ1v) is 10.3. The zero-order chi connectivity index (χ0) is 14.0. The third-order valence-corrected chi connectivity index (χ3v) is 6.34. The summed E-state index contributed by atoms with van der Waals surface area (Å²) in [5.41, 5.74) is 3.11. The van der Waals surface area contributed by atoms with Gasteiger partial charge in [0.1, 0.15) is 0 Å². The van der Waals surface area contributed by atoms with Crippen molar-refractivity contribution in [3.63, 3.8) is 0 Å². The SMILES string of the molecule is CCCCCCCCCC1=CSSC1c1ccccc1. The summed E-state index contributed by atoms with van der Waals surface area (Å²) in [4.78, 5) is 0. The Hall–Kier alpha value is -0.340. The van der Waals surface area contributed by atoms with Gasteiger partial charge in [-0.3, -0.25) is 0 Å². The number of unbranched alkanes of at least 4 members (excludes halogenated alkanes) is 6. The average molecular weight is 307 g/mol. The van der Waals surface area contributed by atoms with E-state index in [0.29, 0.717) is 5.25 Å². The Morgan fingerprint density at radius 3 is 2.35 bits per heavy atom. The van der Waals surface area contributed by atoms with E-state index in [1.807, 2.05) is 21.6 Å².